The van der Waals surface area contributed by atoms with Crippen LogP contribution in [-0.2, 0) is 6.54 Å². The average Bonchev–Trinajstić information content (AvgIpc) is 2.64. The molecule has 0 radical (unpaired) electrons. The van der Waals surface area contributed by atoms with Crippen molar-refractivity contribution in [3.8, 4) is 0 Å². The highest BCUT2D eigenvalue weighted by molar-refractivity contribution is 6.31. The van der Waals surface area contributed by atoms with Crippen molar-refractivity contribution in [2.45, 2.75) is 13.5 Å². The molecule has 3 aromatic rings. The summed E-state index contributed by atoms with van der Waals surface area (Å²) in [5.41, 5.74) is 3.01. The maximum absolute atomic E-state index is 12.2. The SMILES string of the molecule is Cc1ccc(NC(=O)c2cnc(NCc3ccncc3)nc2)cc1Cl. The molecule has 2 N–H and O–H groups in total. The van der Waals surface area contributed by atoms with E-state index in [1.807, 2.05) is 25.1 Å². The first-order valence-electron chi connectivity index (χ1n) is 7.64. The molecule has 2 heterocycles. The Morgan fingerprint density at radius 1 is 1.12 bits per heavy atom. The van der Waals surface area contributed by atoms with Crippen molar-refractivity contribution in [2.24, 2.45) is 0 Å². The van der Waals surface area contributed by atoms with Gasteiger partial charge >= 0.3 is 0 Å². The van der Waals surface area contributed by atoms with Crippen molar-refractivity contribution in [1.29, 1.82) is 0 Å². The number of halogens is 1. The second kappa shape index (κ2) is 7.72. The molecular formula is C18H16ClN5O. The molecule has 0 spiro atoms. The number of hydrogen-bond acceptors (Lipinski definition) is 5. The molecule has 1 amide bonds. The van der Waals surface area contributed by atoms with Gasteiger partial charge < -0.3 is 10.6 Å². The van der Waals surface area contributed by atoms with Gasteiger partial charge in [0.25, 0.3) is 5.91 Å². The van der Waals surface area contributed by atoms with Gasteiger partial charge in [0.15, 0.2) is 0 Å². The van der Waals surface area contributed by atoms with Crippen molar-refractivity contribution in [1.82, 2.24) is 15.0 Å². The van der Waals surface area contributed by atoms with Gasteiger partial charge in [-0.1, -0.05) is 17.7 Å². The monoisotopic (exact) mass is 353 g/mol. The third-order valence-corrected chi connectivity index (χ3v) is 3.95. The van der Waals surface area contributed by atoms with Crippen LogP contribution in [0.25, 0.3) is 0 Å². The van der Waals surface area contributed by atoms with E-state index in [9.17, 15) is 4.79 Å². The molecular weight excluding hydrogens is 338 g/mol. The summed E-state index contributed by atoms with van der Waals surface area (Å²) in [5, 5.41) is 6.47. The summed E-state index contributed by atoms with van der Waals surface area (Å²) in [4.78, 5) is 24.5. The zero-order valence-electron chi connectivity index (χ0n) is 13.5. The molecule has 7 heteroatoms. The quantitative estimate of drug-likeness (QED) is 0.731. The molecule has 0 fully saturated rings. The Morgan fingerprint density at radius 3 is 2.52 bits per heavy atom. The first-order valence-corrected chi connectivity index (χ1v) is 8.02. The van der Waals surface area contributed by atoms with Crippen molar-refractivity contribution < 1.29 is 4.79 Å². The van der Waals surface area contributed by atoms with E-state index in [4.69, 9.17) is 11.6 Å². The van der Waals surface area contributed by atoms with E-state index in [0.717, 1.165) is 11.1 Å². The Hall–Kier alpha value is -2.99. The van der Waals surface area contributed by atoms with Gasteiger partial charge in [0, 0.05) is 42.0 Å². The number of nitrogens with one attached hydrogen (secondary N) is 2. The lowest BCUT2D eigenvalue weighted by atomic mass is 10.2. The summed E-state index contributed by atoms with van der Waals surface area (Å²) in [6.45, 7) is 2.48. The lowest BCUT2D eigenvalue weighted by molar-refractivity contribution is 0.102. The number of benzene rings is 1. The topological polar surface area (TPSA) is 79.8 Å². The standard InChI is InChI=1S/C18H16ClN5O/c1-12-2-3-15(8-16(12)19)24-17(25)14-10-22-18(23-11-14)21-9-13-4-6-20-7-5-13/h2-8,10-11H,9H2,1H3,(H,24,25)(H,21,22,23). The zero-order valence-corrected chi connectivity index (χ0v) is 14.3. The summed E-state index contributed by atoms with van der Waals surface area (Å²) in [6.07, 6.45) is 6.41. The van der Waals surface area contributed by atoms with Crippen LogP contribution < -0.4 is 10.6 Å². The molecule has 0 saturated carbocycles. The number of carbonyl (C=O) groups excluding carboxylic acids is 1. The van der Waals surface area contributed by atoms with Crippen LogP contribution in [0.4, 0.5) is 11.6 Å². The molecule has 0 saturated heterocycles. The molecule has 0 aliphatic heterocycles. The Morgan fingerprint density at radius 2 is 1.84 bits per heavy atom. The minimum atomic E-state index is -0.291. The molecule has 0 aliphatic rings. The number of amides is 1. The van der Waals surface area contributed by atoms with Gasteiger partial charge in [0.1, 0.15) is 0 Å². The van der Waals surface area contributed by atoms with Crippen LogP contribution in [0.1, 0.15) is 21.5 Å². The van der Waals surface area contributed by atoms with Gasteiger partial charge in [-0.15, -0.1) is 0 Å². The van der Waals surface area contributed by atoms with Gasteiger partial charge in [0.2, 0.25) is 5.95 Å². The smallest absolute Gasteiger partial charge is 0.258 e. The summed E-state index contributed by atoms with van der Waals surface area (Å²) >= 11 is 6.06. The molecule has 0 atom stereocenters. The summed E-state index contributed by atoms with van der Waals surface area (Å²) in [6, 6.07) is 9.16. The first-order chi connectivity index (χ1) is 12.1. The minimum absolute atomic E-state index is 0.291. The van der Waals surface area contributed by atoms with Gasteiger partial charge in [-0.3, -0.25) is 9.78 Å². The molecule has 126 valence electrons. The molecule has 0 unspecified atom stereocenters. The third-order valence-electron chi connectivity index (χ3n) is 3.54. The minimum Gasteiger partial charge on any atom is -0.350 e. The summed E-state index contributed by atoms with van der Waals surface area (Å²) in [5.74, 6) is 0.160. The number of aryl methyl sites for hydroxylation is 1. The van der Waals surface area contributed by atoms with Gasteiger partial charge in [-0.2, -0.15) is 0 Å². The molecule has 3 rings (SSSR count). The van der Waals surface area contributed by atoms with E-state index < -0.39 is 0 Å². The number of carbonyl (C=O) groups is 1. The Kier molecular flexibility index (Phi) is 5.20. The fraction of sp³-hybridized carbons (Fsp3) is 0.111. The predicted octanol–water partition coefficient (Wildman–Crippen LogP) is 3.70. The summed E-state index contributed by atoms with van der Waals surface area (Å²) in [7, 11) is 0. The number of rotatable bonds is 5. The zero-order chi connectivity index (χ0) is 17.6. The van der Waals surface area contributed by atoms with Gasteiger partial charge in [-0.25, -0.2) is 9.97 Å². The highest BCUT2D eigenvalue weighted by atomic mass is 35.5. The summed E-state index contributed by atoms with van der Waals surface area (Å²) < 4.78 is 0. The van der Waals surface area contributed by atoms with E-state index >= 15 is 0 Å². The van der Waals surface area contributed by atoms with Crippen LogP contribution in [0.3, 0.4) is 0 Å². The van der Waals surface area contributed by atoms with Gasteiger partial charge in [0.05, 0.1) is 5.56 Å². The van der Waals surface area contributed by atoms with Crippen LogP contribution in [0.5, 0.6) is 0 Å². The maximum atomic E-state index is 12.2. The van der Waals surface area contributed by atoms with E-state index in [1.54, 1.807) is 24.5 Å². The molecule has 1 aromatic carbocycles. The number of hydrogen-bond donors (Lipinski definition) is 2. The molecule has 25 heavy (non-hydrogen) atoms. The van der Waals surface area contributed by atoms with Crippen molar-refractivity contribution in [3.05, 3.63) is 76.8 Å². The second-order valence-corrected chi connectivity index (χ2v) is 5.83. The Labute approximate surface area is 150 Å². The predicted molar refractivity (Wildman–Crippen MR) is 97.7 cm³/mol. The molecule has 2 aromatic heterocycles. The maximum Gasteiger partial charge on any atom is 0.258 e. The van der Waals surface area contributed by atoms with Gasteiger partial charge in [-0.05, 0) is 42.3 Å². The first kappa shape index (κ1) is 16.9. The fourth-order valence-corrected chi connectivity index (χ4v) is 2.27. The number of aromatic nitrogens is 3. The van der Waals surface area contributed by atoms with E-state index in [-0.39, 0.29) is 5.91 Å². The van der Waals surface area contributed by atoms with E-state index in [2.05, 4.69) is 25.6 Å². The Bertz CT molecular complexity index is 868. The van der Waals surface area contributed by atoms with Crippen molar-refractivity contribution in [3.63, 3.8) is 0 Å². The largest absolute Gasteiger partial charge is 0.350 e. The van der Waals surface area contributed by atoms with Crippen LogP contribution in [-0.4, -0.2) is 20.9 Å². The highest BCUT2D eigenvalue weighted by Crippen LogP contribution is 2.20. The highest BCUT2D eigenvalue weighted by Gasteiger charge is 2.08. The Balaban J connectivity index is 1.61. The average molecular weight is 354 g/mol. The van der Waals surface area contributed by atoms with Crippen LogP contribution in [0.2, 0.25) is 5.02 Å². The normalized spacial score (nSPS) is 10.3. The lowest BCUT2D eigenvalue weighted by Gasteiger charge is -2.08. The second-order valence-electron chi connectivity index (χ2n) is 5.42. The van der Waals surface area contributed by atoms with Crippen molar-refractivity contribution in [2.75, 3.05) is 10.6 Å². The van der Waals surface area contributed by atoms with Crippen LogP contribution in [0, 0.1) is 6.92 Å². The molecule has 6 nitrogen and oxygen atoms in total. The van der Waals surface area contributed by atoms with Crippen LogP contribution in [0.15, 0.2) is 55.1 Å². The van der Waals surface area contributed by atoms with Crippen molar-refractivity contribution >= 4 is 29.1 Å². The van der Waals surface area contributed by atoms with E-state index in [1.165, 1.54) is 12.4 Å². The number of nitrogens with zero attached hydrogens (tertiary/aromatic N) is 3. The third kappa shape index (κ3) is 4.51. The van der Waals surface area contributed by atoms with Crippen LogP contribution >= 0.6 is 11.6 Å². The van der Waals surface area contributed by atoms with E-state index in [0.29, 0.717) is 28.8 Å². The number of anilines is 2. The molecule has 0 aliphatic carbocycles. The molecule has 0 bridgehead atoms. The number of pyridine rings is 1. The fourth-order valence-electron chi connectivity index (χ4n) is 2.09. The lowest BCUT2D eigenvalue weighted by Crippen LogP contribution is -2.13.